The minimum Gasteiger partial charge on any atom is -0.492 e. The summed E-state index contributed by atoms with van der Waals surface area (Å²) in [5.74, 6) is 0.821. The fourth-order valence-electron chi connectivity index (χ4n) is 3.70. The Bertz CT molecular complexity index is 873. The zero-order valence-corrected chi connectivity index (χ0v) is 15.4. The zero-order chi connectivity index (χ0) is 18.8. The number of ketones is 1. The number of hydrogen-bond donors (Lipinski definition) is 1. The summed E-state index contributed by atoms with van der Waals surface area (Å²) in [7, 11) is 2.07. The van der Waals surface area contributed by atoms with E-state index in [0.717, 1.165) is 37.9 Å². The quantitative estimate of drug-likeness (QED) is 0.844. The van der Waals surface area contributed by atoms with Crippen molar-refractivity contribution in [2.75, 3.05) is 32.1 Å². The molecular formula is C21H23N3O3. The smallest absolute Gasteiger partial charge is 0.260 e. The first-order chi connectivity index (χ1) is 13.1. The van der Waals surface area contributed by atoms with Crippen molar-refractivity contribution in [2.45, 2.75) is 19.3 Å². The molecule has 1 amide bonds. The van der Waals surface area contributed by atoms with E-state index in [1.54, 1.807) is 24.3 Å². The molecule has 1 N–H and O–H groups in total. The number of piperidine rings is 1. The first-order valence-corrected chi connectivity index (χ1v) is 9.37. The number of nitrogens with one attached hydrogen (secondary N) is 1. The van der Waals surface area contributed by atoms with Crippen molar-refractivity contribution in [3.8, 4) is 5.75 Å². The molecule has 3 heterocycles. The van der Waals surface area contributed by atoms with Crippen LogP contribution < -0.4 is 10.1 Å². The lowest BCUT2D eigenvalue weighted by atomic mass is 9.91. The SMILES string of the molecule is CN1CCC(C(=O)c2cccc(NC(=O)c3cccc4c3OCC4)n2)CC1. The molecule has 6 nitrogen and oxygen atoms in total. The van der Waals surface area contributed by atoms with Crippen LogP contribution >= 0.6 is 0 Å². The van der Waals surface area contributed by atoms with E-state index in [2.05, 4.69) is 22.2 Å². The Kier molecular flexibility index (Phi) is 4.90. The number of hydrogen-bond acceptors (Lipinski definition) is 5. The molecule has 0 atom stereocenters. The van der Waals surface area contributed by atoms with Crippen molar-refractivity contribution in [1.29, 1.82) is 0 Å². The number of rotatable bonds is 4. The average Bonchev–Trinajstić information content (AvgIpc) is 3.17. The molecule has 0 aliphatic carbocycles. The van der Waals surface area contributed by atoms with Crippen LogP contribution in [-0.4, -0.2) is 48.3 Å². The topological polar surface area (TPSA) is 71.5 Å². The van der Waals surface area contributed by atoms with E-state index >= 15 is 0 Å². The van der Waals surface area contributed by atoms with Gasteiger partial charge in [-0.3, -0.25) is 9.59 Å². The molecular weight excluding hydrogens is 342 g/mol. The lowest BCUT2D eigenvalue weighted by Crippen LogP contribution is -2.33. The fourth-order valence-corrected chi connectivity index (χ4v) is 3.70. The van der Waals surface area contributed by atoms with Crippen LogP contribution in [0.5, 0.6) is 5.75 Å². The van der Waals surface area contributed by atoms with Gasteiger partial charge in [0.25, 0.3) is 5.91 Å². The number of nitrogens with zero attached hydrogens (tertiary/aromatic N) is 2. The van der Waals surface area contributed by atoms with E-state index < -0.39 is 0 Å². The summed E-state index contributed by atoms with van der Waals surface area (Å²) in [6.07, 6.45) is 2.51. The maximum absolute atomic E-state index is 12.8. The second-order valence-electron chi connectivity index (χ2n) is 7.20. The largest absolute Gasteiger partial charge is 0.492 e. The van der Waals surface area contributed by atoms with Crippen LogP contribution in [0, 0.1) is 5.92 Å². The molecule has 0 bridgehead atoms. The number of para-hydroxylation sites is 1. The van der Waals surface area contributed by atoms with E-state index in [1.807, 2.05) is 12.1 Å². The summed E-state index contributed by atoms with van der Waals surface area (Å²) >= 11 is 0. The number of likely N-dealkylation sites (tertiary alicyclic amines) is 1. The van der Waals surface area contributed by atoms with Crippen molar-refractivity contribution < 1.29 is 14.3 Å². The minimum absolute atomic E-state index is 0.00504. The Morgan fingerprint density at radius 3 is 2.74 bits per heavy atom. The summed E-state index contributed by atoms with van der Waals surface area (Å²) in [6, 6.07) is 10.8. The third-order valence-corrected chi connectivity index (χ3v) is 5.29. The van der Waals surface area contributed by atoms with Gasteiger partial charge in [-0.15, -0.1) is 0 Å². The lowest BCUT2D eigenvalue weighted by molar-refractivity contribution is 0.0851. The molecule has 2 aliphatic heterocycles. The molecule has 0 radical (unpaired) electrons. The van der Waals surface area contributed by atoms with Crippen molar-refractivity contribution >= 4 is 17.5 Å². The number of amides is 1. The van der Waals surface area contributed by atoms with E-state index in [0.29, 0.717) is 29.4 Å². The Labute approximate surface area is 158 Å². The van der Waals surface area contributed by atoms with Gasteiger partial charge in [0.2, 0.25) is 0 Å². The molecule has 0 spiro atoms. The van der Waals surface area contributed by atoms with Crippen molar-refractivity contribution in [1.82, 2.24) is 9.88 Å². The second-order valence-corrected chi connectivity index (χ2v) is 7.20. The van der Waals surface area contributed by atoms with Gasteiger partial charge < -0.3 is 15.0 Å². The summed E-state index contributed by atoms with van der Waals surface area (Å²) < 4.78 is 5.60. The first kappa shape index (κ1) is 17.7. The molecule has 1 aromatic heterocycles. The highest BCUT2D eigenvalue weighted by molar-refractivity contribution is 6.06. The summed E-state index contributed by atoms with van der Waals surface area (Å²) in [5, 5.41) is 2.80. The monoisotopic (exact) mass is 365 g/mol. The first-order valence-electron chi connectivity index (χ1n) is 9.37. The molecule has 6 heteroatoms. The van der Waals surface area contributed by atoms with E-state index in [-0.39, 0.29) is 17.6 Å². The van der Waals surface area contributed by atoms with Crippen LogP contribution in [0.1, 0.15) is 39.3 Å². The molecule has 0 saturated carbocycles. The van der Waals surface area contributed by atoms with E-state index in [9.17, 15) is 9.59 Å². The van der Waals surface area contributed by atoms with Crippen LogP contribution in [0.2, 0.25) is 0 Å². The van der Waals surface area contributed by atoms with Gasteiger partial charge in [-0.1, -0.05) is 18.2 Å². The van der Waals surface area contributed by atoms with Crippen LogP contribution in [0.15, 0.2) is 36.4 Å². The predicted molar refractivity (Wildman–Crippen MR) is 102 cm³/mol. The molecule has 1 fully saturated rings. The molecule has 140 valence electrons. The standard InChI is InChI=1S/C21H23N3O3/c1-24-11-8-14(9-12-24)19(25)17-6-3-7-18(22-17)23-21(26)16-5-2-4-15-10-13-27-20(15)16/h2-7,14H,8-13H2,1H3,(H,22,23,26). The zero-order valence-electron chi connectivity index (χ0n) is 15.4. The predicted octanol–water partition coefficient (Wildman–Crippen LogP) is 2.79. The molecule has 1 saturated heterocycles. The van der Waals surface area contributed by atoms with Crippen molar-refractivity contribution in [2.24, 2.45) is 5.92 Å². The van der Waals surface area contributed by atoms with Gasteiger partial charge in [0.15, 0.2) is 5.78 Å². The highest BCUT2D eigenvalue weighted by atomic mass is 16.5. The maximum Gasteiger partial charge on any atom is 0.260 e. The highest BCUT2D eigenvalue weighted by Crippen LogP contribution is 2.30. The molecule has 4 rings (SSSR count). The third-order valence-electron chi connectivity index (χ3n) is 5.29. The highest BCUT2D eigenvalue weighted by Gasteiger charge is 2.26. The second kappa shape index (κ2) is 7.48. The maximum atomic E-state index is 12.8. The van der Waals surface area contributed by atoms with Crippen LogP contribution in [0.3, 0.4) is 0 Å². The normalized spacial score (nSPS) is 17.2. The molecule has 0 unspecified atom stereocenters. The van der Waals surface area contributed by atoms with Gasteiger partial charge in [0, 0.05) is 12.3 Å². The van der Waals surface area contributed by atoms with Crippen LogP contribution in [-0.2, 0) is 6.42 Å². The summed E-state index contributed by atoms with van der Waals surface area (Å²) in [6.45, 7) is 2.44. The average molecular weight is 365 g/mol. The van der Waals surface area contributed by atoms with Crippen molar-refractivity contribution in [3.63, 3.8) is 0 Å². The van der Waals surface area contributed by atoms with Crippen molar-refractivity contribution in [3.05, 3.63) is 53.2 Å². The number of fused-ring (bicyclic) bond motifs is 1. The Morgan fingerprint density at radius 2 is 1.93 bits per heavy atom. The van der Waals surface area contributed by atoms with E-state index in [4.69, 9.17) is 4.74 Å². The van der Waals surface area contributed by atoms with Crippen LogP contribution in [0.25, 0.3) is 0 Å². The number of benzene rings is 1. The number of aromatic nitrogens is 1. The number of carbonyl (C=O) groups excluding carboxylic acids is 2. The number of anilines is 1. The fraction of sp³-hybridized carbons (Fsp3) is 0.381. The molecule has 2 aliphatic rings. The van der Waals surface area contributed by atoms with Gasteiger partial charge in [-0.05, 0) is 56.7 Å². The van der Waals surface area contributed by atoms with Crippen LogP contribution in [0.4, 0.5) is 5.82 Å². The Balaban J connectivity index is 1.49. The number of Topliss-reactive ketones (excluding diaryl/α,β-unsaturated/α-hetero) is 1. The molecule has 1 aromatic carbocycles. The summed E-state index contributed by atoms with van der Waals surface area (Å²) in [5.41, 5.74) is 1.96. The van der Waals surface area contributed by atoms with E-state index in [1.165, 1.54) is 0 Å². The summed E-state index contributed by atoms with van der Waals surface area (Å²) in [4.78, 5) is 32.0. The molecule has 2 aromatic rings. The van der Waals surface area contributed by atoms with Gasteiger partial charge in [0.1, 0.15) is 17.3 Å². The Morgan fingerprint density at radius 1 is 1.15 bits per heavy atom. The van der Waals surface area contributed by atoms with Gasteiger partial charge in [0.05, 0.1) is 12.2 Å². The van der Waals surface area contributed by atoms with Gasteiger partial charge in [-0.25, -0.2) is 4.98 Å². The van der Waals surface area contributed by atoms with Gasteiger partial charge >= 0.3 is 0 Å². The number of pyridine rings is 1. The number of ether oxygens (including phenoxy) is 1. The minimum atomic E-state index is -0.273. The third kappa shape index (κ3) is 3.71. The number of carbonyl (C=O) groups is 2. The van der Waals surface area contributed by atoms with Gasteiger partial charge in [-0.2, -0.15) is 0 Å². The lowest BCUT2D eigenvalue weighted by Gasteiger charge is -2.27. The molecule has 27 heavy (non-hydrogen) atoms. The Hall–Kier alpha value is -2.73.